The molecule has 0 amide bonds. The summed E-state index contributed by atoms with van der Waals surface area (Å²) in [5.41, 5.74) is 0.896. The molecule has 0 aromatic carbocycles. The van der Waals surface area contributed by atoms with Gasteiger partial charge in [0.05, 0.1) is 12.1 Å². The van der Waals surface area contributed by atoms with Crippen LogP contribution in [0.25, 0.3) is 0 Å². The number of aromatic nitrogens is 1. The normalized spacial score (nSPS) is 29.7. The summed E-state index contributed by atoms with van der Waals surface area (Å²) in [4.78, 5) is 15.0. The van der Waals surface area contributed by atoms with Crippen molar-refractivity contribution in [2.45, 2.75) is 44.6 Å². The lowest BCUT2D eigenvalue weighted by Gasteiger charge is -2.22. The summed E-state index contributed by atoms with van der Waals surface area (Å²) in [6, 6.07) is 0.599. The Labute approximate surface area is 110 Å². The number of carboxylic acid groups (broad SMARTS) is 1. The average Bonchev–Trinajstić information content (AvgIpc) is 3.02. The molecular formula is C13H18N2O2S. The molecule has 0 radical (unpaired) electrons. The molecular weight excluding hydrogens is 248 g/mol. The fourth-order valence-corrected chi connectivity index (χ4v) is 4.11. The lowest BCUT2D eigenvalue weighted by Crippen LogP contribution is -2.25. The van der Waals surface area contributed by atoms with Crippen molar-refractivity contribution >= 4 is 22.4 Å². The summed E-state index contributed by atoms with van der Waals surface area (Å²) in [6.07, 6.45) is 6.13. The van der Waals surface area contributed by atoms with E-state index in [0.717, 1.165) is 22.7 Å². The second kappa shape index (κ2) is 4.88. The van der Waals surface area contributed by atoms with E-state index in [4.69, 9.17) is 5.11 Å². The maximum atomic E-state index is 10.5. The van der Waals surface area contributed by atoms with Crippen LogP contribution in [0.3, 0.4) is 0 Å². The number of nitrogens with zero attached hydrogens (tertiary/aromatic N) is 1. The van der Waals surface area contributed by atoms with Crippen molar-refractivity contribution in [3.05, 3.63) is 11.1 Å². The molecule has 3 rings (SSSR count). The summed E-state index contributed by atoms with van der Waals surface area (Å²) < 4.78 is 0. The van der Waals surface area contributed by atoms with E-state index in [9.17, 15) is 4.79 Å². The standard InChI is InChI=1S/C13H18N2O2S/c16-12(17)4-3-10-7-18-13(14-10)15-11-6-8-1-2-9(11)5-8/h7-9,11H,1-6H2,(H,14,15)(H,16,17). The fraction of sp³-hybridized carbons (Fsp3) is 0.692. The minimum atomic E-state index is -0.759. The van der Waals surface area contributed by atoms with Crippen molar-refractivity contribution < 1.29 is 9.90 Å². The summed E-state index contributed by atoms with van der Waals surface area (Å²) in [5, 5.41) is 15.1. The van der Waals surface area contributed by atoms with E-state index in [1.54, 1.807) is 11.3 Å². The first-order valence-electron chi connectivity index (χ1n) is 6.63. The monoisotopic (exact) mass is 266 g/mol. The predicted molar refractivity (Wildman–Crippen MR) is 70.9 cm³/mol. The third kappa shape index (κ3) is 2.51. The molecule has 5 heteroatoms. The van der Waals surface area contributed by atoms with Gasteiger partial charge in [-0.25, -0.2) is 4.98 Å². The number of anilines is 1. The Morgan fingerprint density at radius 1 is 1.50 bits per heavy atom. The number of nitrogens with one attached hydrogen (secondary N) is 1. The van der Waals surface area contributed by atoms with Gasteiger partial charge in [-0.3, -0.25) is 4.79 Å². The van der Waals surface area contributed by atoms with Crippen LogP contribution in [0.15, 0.2) is 5.38 Å². The second-order valence-electron chi connectivity index (χ2n) is 5.46. The number of thiazole rings is 1. The van der Waals surface area contributed by atoms with E-state index in [1.165, 1.54) is 25.7 Å². The number of fused-ring (bicyclic) bond motifs is 2. The molecule has 0 spiro atoms. The van der Waals surface area contributed by atoms with Gasteiger partial charge in [-0.2, -0.15) is 0 Å². The van der Waals surface area contributed by atoms with Crippen molar-refractivity contribution in [2.75, 3.05) is 5.32 Å². The minimum absolute atomic E-state index is 0.164. The van der Waals surface area contributed by atoms with Gasteiger partial charge in [0.2, 0.25) is 0 Å². The highest BCUT2D eigenvalue weighted by molar-refractivity contribution is 7.13. The van der Waals surface area contributed by atoms with Gasteiger partial charge in [0.25, 0.3) is 0 Å². The number of aryl methyl sites for hydroxylation is 1. The van der Waals surface area contributed by atoms with E-state index in [2.05, 4.69) is 10.3 Å². The highest BCUT2D eigenvalue weighted by atomic mass is 32.1. The lowest BCUT2D eigenvalue weighted by atomic mass is 9.96. The van der Waals surface area contributed by atoms with Crippen LogP contribution < -0.4 is 5.32 Å². The molecule has 0 saturated heterocycles. The number of carbonyl (C=O) groups is 1. The van der Waals surface area contributed by atoms with Crippen LogP contribution in [0.2, 0.25) is 0 Å². The molecule has 2 aliphatic rings. The van der Waals surface area contributed by atoms with Crippen LogP contribution >= 0.6 is 11.3 Å². The molecule has 98 valence electrons. The van der Waals surface area contributed by atoms with Gasteiger partial charge in [-0.1, -0.05) is 6.42 Å². The smallest absolute Gasteiger partial charge is 0.303 e. The molecule has 3 unspecified atom stereocenters. The highest BCUT2D eigenvalue weighted by Crippen LogP contribution is 2.45. The molecule has 1 aromatic heterocycles. The lowest BCUT2D eigenvalue weighted by molar-refractivity contribution is -0.136. The number of aliphatic carboxylic acids is 1. The third-order valence-electron chi connectivity index (χ3n) is 4.19. The molecule has 3 atom stereocenters. The van der Waals surface area contributed by atoms with Crippen molar-refractivity contribution in [2.24, 2.45) is 11.8 Å². The zero-order valence-corrected chi connectivity index (χ0v) is 11.1. The molecule has 18 heavy (non-hydrogen) atoms. The van der Waals surface area contributed by atoms with Gasteiger partial charge >= 0.3 is 5.97 Å². The molecule has 1 aromatic rings. The van der Waals surface area contributed by atoms with Gasteiger partial charge in [0.1, 0.15) is 0 Å². The summed E-state index contributed by atoms with van der Waals surface area (Å²) in [6.45, 7) is 0. The number of hydrogen-bond acceptors (Lipinski definition) is 4. The molecule has 4 nitrogen and oxygen atoms in total. The average molecular weight is 266 g/mol. The van der Waals surface area contributed by atoms with E-state index in [1.807, 2.05) is 5.38 Å². The maximum Gasteiger partial charge on any atom is 0.303 e. The summed E-state index contributed by atoms with van der Waals surface area (Å²) in [7, 11) is 0. The largest absolute Gasteiger partial charge is 0.481 e. The Balaban J connectivity index is 1.55. The quantitative estimate of drug-likeness (QED) is 0.860. The maximum absolute atomic E-state index is 10.5. The summed E-state index contributed by atoms with van der Waals surface area (Å²) in [5.74, 6) is 1.01. The SMILES string of the molecule is O=C(O)CCc1csc(NC2CC3CCC2C3)n1. The van der Waals surface area contributed by atoms with Gasteiger partial charge < -0.3 is 10.4 Å². The van der Waals surface area contributed by atoms with Crippen LogP contribution in [-0.4, -0.2) is 22.1 Å². The van der Waals surface area contributed by atoms with Crippen molar-refractivity contribution in [1.82, 2.24) is 4.98 Å². The molecule has 2 N–H and O–H groups in total. The first-order chi connectivity index (χ1) is 8.70. The number of hydrogen-bond donors (Lipinski definition) is 2. The van der Waals surface area contributed by atoms with Gasteiger partial charge in [0.15, 0.2) is 5.13 Å². The van der Waals surface area contributed by atoms with E-state index in [0.29, 0.717) is 12.5 Å². The van der Waals surface area contributed by atoms with E-state index in [-0.39, 0.29) is 6.42 Å². The zero-order chi connectivity index (χ0) is 12.5. The Hall–Kier alpha value is -1.10. The molecule has 2 aliphatic carbocycles. The molecule has 1 heterocycles. The minimum Gasteiger partial charge on any atom is -0.481 e. The predicted octanol–water partition coefficient (Wildman–Crippen LogP) is 2.76. The zero-order valence-electron chi connectivity index (χ0n) is 10.3. The second-order valence-corrected chi connectivity index (χ2v) is 6.32. The summed E-state index contributed by atoms with van der Waals surface area (Å²) >= 11 is 1.60. The Bertz CT molecular complexity index is 446. The van der Waals surface area contributed by atoms with Crippen LogP contribution in [0.4, 0.5) is 5.13 Å². The Kier molecular flexibility index (Phi) is 3.24. The van der Waals surface area contributed by atoms with Crippen LogP contribution in [0, 0.1) is 11.8 Å². The Morgan fingerprint density at radius 3 is 3.06 bits per heavy atom. The van der Waals surface area contributed by atoms with Gasteiger partial charge in [0, 0.05) is 17.8 Å². The number of carboxylic acids is 1. The molecule has 0 aliphatic heterocycles. The Morgan fingerprint density at radius 2 is 2.39 bits per heavy atom. The third-order valence-corrected chi connectivity index (χ3v) is 5.02. The van der Waals surface area contributed by atoms with Crippen molar-refractivity contribution in [3.8, 4) is 0 Å². The molecule has 2 fully saturated rings. The van der Waals surface area contributed by atoms with Gasteiger partial charge in [-0.05, 0) is 31.1 Å². The highest BCUT2D eigenvalue weighted by Gasteiger charge is 2.39. The van der Waals surface area contributed by atoms with Crippen LogP contribution in [-0.2, 0) is 11.2 Å². The van der Waals surface area contributed by atoms with Crippen LogP contribution in [0.5, 0.6) is 0 Å². The van der Waals surface area contributed by atoms with Crippen molar-refractivity contribution in [1.29, 1.82) is 0 Å². The first kappa shape index (κ1) is 12.0. The fourth-order valence-electron chi connectivity index (χ4n) is 3.30. The first-order valence-corrected chi connectivity index (χ1v) is 7.51. The van der Waals surface area contributed by atoms with E-state index < -0.39 is 5.97 Å². The molecule has 2 bridgehead atoms. The van der Waals surface area contributed by atoms with Crippen LogP contribution in [0.1, 0.15) is 37.8 Å². The number of rotatable bonds is 5. The van der Waals surface area contributed by atoms with Gasteiger partial charge in [-0.15, -0.1) is 11.3 Å². The molecule has 2 saturated carbocycles. The topological polar surface area (TPSA) is 62.2 Å². The van der Waals surface area contributed by atoms with Crippen molar-refractivity contribution in [3.63, 3.8) is 0 Å². The van der Waals surface area contributed by atoms with E-state index >= 15 is 0 Å².